The van der Waals surface area contributed by atoms with Gasteiger partial charge in [-0.1, -0.05) is 19.1 Å². The van der Waals surface area contributed by atoms with E-state index < -0.39 is 0 Å². The second-order valence-corrected chi connectivity index (χ2v) is 4.74. The first-order valence-corrected chi connectivity index (χ1v) is 6.62. The Hall–Kier alpha value is -2.02. The molecule has 0 fully saturated rings. The lowest BCUT2D eigenvalue weighted by molar-refractivity contribution is -0.121. The average molecular weight is 259 g/mol. The largest absolute Gasteiger partial charge is 0.399 e. The average Bonchev–Trinajstić information content (AvgIpc) is 2.39. The number of nitrogen functional groups attached to an aromatic ring is 1. The van der Waals surface area contributed by atoms with Crippen molar-refractivity contribution in [3.8, 4) is 6.07 Å². The minimum atomic E-state index is 0.0567. The second-order valence-electron chi connectivity index (χ2n) is 4.74. The number of hydrogen-bond donors (Lipinski definition) is 2. The maximum absolute atomic E-state index is 11.7. The van der Waals surface area contributed by atoms with Crippen molar-refractivity contribution in [2.75, 3.05) is 12.3 Å². The van der Waals surface area contributed by atoms with Crippen LogP contribution in [0.2, 0.25) is 0 Å². The van der Waals surface area contributed by atoms with Gasteiger partial charge < -0.3 is 11.1 Å². The first-order valence-electron chi connectivity index (χ1n) is 6.62. The van der Waals surface area contributed by atoms with Crippen molar-refractivity contribution in [1.29, 1.82) is 5.26 Å². The number of nitriles is 1. The van der Waals surface area contributed by atoms with E-state index in [1.165, 1.54) is 0 Å². The van der Waals surface area contributed by atoms with E-state index in [-0.39, 0.29) is 11.8 Å². The van der Waals surface area contributed by atoms with Crippen LogP contribution in [0.3, 0.4) is 0 Å². The van der Waals surface area contributed by atoms with E-state index in [1.807, 2.05) is 31.2 Å². The number of nitrogens with two attached hydrogens (primary N) is 1. The Labute approximate surface area is 114 Å². The highest BCUT2D eigenvalue weighted by Gasteiger charge is 2.10. The fourth-order valence-corrected chi connectivity index (χ4v) is 1.85. The van der Waals surface area contributed by atoms with E-state index in [4.69, 9.17) is 11.0 Å². The molecule has 0 heterocycles. The Morgan fingerprint density at radius 2 is 2.05 bits per heavy atom. The molecule has 4 nitrogen and oxygen atoms in total. The third-order valence-corrected chi connectivity index (χ3v) is 3.03. The van der Waals surface area contributed by atoms with E-state index >= 15 is 0 Å². The summed E-state index contributed by atoms with van der Waals surface area (Å²) in [6, 6.07) is 9.71. The molecule has 19 heavy (non-hydrogen) atoms. The summed E-state index contributed by atoms with van der Waals surface area (Å²) < 4.78 is 0. The van der Waals surface area contributed by atoms with Crippen LogP contribution in [-0.4, -0.2) is 12.5 Å². The van der Waals surface area contributed by atoms with Gasteiger partial charge in [0.2, 0.25) is 5.91 Å². The van der Waals surface area contributed by atoms with Gasteiger partial charge in [0.05, 0.1) is 6.07 Å². The Morgan fingerprint density at radius 1 is 1.37 bits per heavy atom. The first kappa shape index (κ1) is 15.0. The van der Waals surface area contributed by atoms with Gasteiger partial charge in [0.25, 0.3) is 0 Å². The predicted octanol–water partition coefficient (Wildman–Crippen LogP) is 2.57. The van der Waals surface area contributed by atoms with Gasteiger partial charge in [0, 0.05) is 25.1 Å². The number of benzene rings is 1. The summed E-state index contributed by atoms with van der Waals surface area (Å²) in [5, 5.41) is 11.3. The molecule has 1 rings (SSSR count). The number of anilines is 1. The lowest BCUT2D eigenvalue weighted by atomic mass is 9.97. The monoisotopic (exact) mass is 259 g/mol. The number of nitrogens with zero attached hydrogens (tertiary/aromatic N) is 1. The zero-order valence-electron chi connectivity index (χ0n) is 11.4. The molecular formula is C15H21N3O. The van der Waals surface area contributed by atoms with E-state index in [2.05, 4.69) is 11.4 Å². The van der Waals surface area contributed by atoms with Crippen LogP contribution in [0.5, 0.6) is 0 Å². The zero-order chi connectivity index (χ0) is 14.1. The van der Waals surface area contributed by atoms with Gasteiger partial charge in [0.15, 0.2) is 0 Å². The number of carbonyl (C=O) groups excluding carboxylic acids is 1. The van der Waals surface area contributed by atoms with Crippen LogP contribution in [0.1, 0.15) is 44.1 Å². The number of unbranched alkanes of at least 4 members (excludes halogenated alkanes) is 2. The van der Waals surface area contributed by atoms with Crippen molar-refractivity contribution in [2.24, 2.45) is 0 Å². The van der Waals surface area contributed by atoms with Crippen molar-refractivity contribution in [1.82, 2.24) is 5.32 Å². The minimum Gasteiger partial charge on any atom is -0.399 e. The quantitative estimate of drug-likeness (QED) is 0.583. The SMILES string of the molecule is CC(CC(=O)NCCCCC#N)c1ccc(N)cc1. The molecule has 1 aromatic rings. The molecule has 1 unspecified atom stereocenters. The Kier molecular flexibility index (Phi) is 6.45. The summed E-state index contributed by atoms with van der Waals surface area (Å²) in [5.74, 6) is 0.237. The van der Waals surface area contributed by atoms with Crippen molar-refractivity contribution in [3.05, 3.63) is 29.8 Å². The molecule has 0 bridgehead atoms. The normalized spacial score (nSPS) is 11.6. The number of carbonyl (C=O) groups is 1. The van der Waals surface area contributed by atoms with Crippen molar-refractivity contribution in [3.63, 3.8) is 0 Å². The fourth-order valence-electron chi connectivity index (χ4n) is 1.85. The summed E-state index contributed by atoms with van der Waals surface area (Å²) >= 11 is 0. The van der Waals surface area contributed by atoms with Crippen LogP contribution >= 0.6 is 0 Å². The summed E-state index contributed by atoms with van der Waals surface area (Å²) in [6.45, 7) is 2.68. The summed E-state index contributed by atoms with van der Waals surface area (Å²) in [6.07, 6.45) is 2.72. The Morgan fingerprint density at radius 3 is 2.68 bits per heavy atom. The summed E-state index contributed by atoms with van der Waals surface area (Å²) in [7, 11) is 0. The smallest absolute Gasteiger partial charge is 0.220 e. The first-order chi connectivity index (χ1) is 9.13. The molecule has 102 valence electrons. The maximum Gasteiger partial charge on any atom is 0.220 e. The summed E-state index contributed by atoms with van der Waals surface area (Å²) in [5.41, 5.74) is 7.48. The molecule has 0 spiro atoms. The van der Waals surface area contributed by atoms with Crippen LogP contribution in [0.15, 0.2) is 24.3 Å². The zero-order valence-corrected chi connectivity index (χ0v) is 11.4. The highest BCUT2D eigenvalue weighted by atomic mass is 16.1. The van der Waals surface area contributed by atoms with E-state index in [9.17, 15) is 4.79 Å². The number of rotatable bonds is 7. The number of amides is 1. The van der Waals surface area contributed by atoms with Gasteiger partial charge in [0.1, 0.15) is 0 Å². The number of hydrogen-bond acceptors (Lipinski definition) is 3. The van der Waals surface area contributed by atoms with Crippen molar-refractivity contribution >= 4 is 11.6 Å². The van der Waals surface area contributed by atoms with Crippen molar-refractivity contribution < 1.29 is 4.79 Å². The molecule has 1 atom stereocenters. The van der Waals surface area contributed by atoms with E-state index in [0.717, 1.165) is 24.1 Å². The molecule has 1 aromatic carbocycles. The molecule has 1 amide bonds. The van der Waals surface area contributed by atoms with Gasteiger partial charge in [-0.3, -0.25) is 4.79 Å². The van der Waals surface area contributed by atoms with Gasteiger partial charge in [-0.05, 0) is 36.5 Å². The molecule has 0 aliphatic rings. The Bertz CT molecular complexity index is 434. The predicted molar refractivity (Wildman–Crippen MR) is 76.4 cm³/mol. The molecule has 0 aliphatic heterocycles. The third kappa shape index (κ3) is 5.91. The van der Waals surface area contributed by atoms with Gasteiger partial charge in [-0.2, -0.15) is 5.26 Å². The number of nitrogens with one attached hydrogen (secondary N) is 1. The fraction of sp³-hybridized carbons (Fsp3) is 0.467. The maximum atomic E-state index is 11.7. The minimum absolute atomic E-state index is 0.0567. The molecule has 4 heteroatoms. The molecule has 0 saturated heterocycles. The molecule has 0 saturated carbocycles. The van der Waals surface area contributed by atoms with E-state index in [1.54, 1.807) is 0 Å². The third-order valence-electron chi connectivity index (χ3n) is 3.03. The highest BCUT2D eigenvalue weighted by molar-refractivity contribution is 5.76. The lowest BCUT2D eigenvalue weighted by Gasteiger charge is -2.12. The van der Waals surface area contributed by atoms with Crippen LogP contribution in [0.4, 0.5) is 5.69 Å². The molecule has 0 aromatic heterocycles. The van der Waals surface area contributed by atoms with Crippen molar-refractivity contribution in [2.45, 2.75) is 38.5 Å². The van der Waals surface area contributed by atoms with Crippen LogP contribution in [0.25, 0.3) is 0 Å². The van der Waals surface area contributed by atoms with Gasteiger partial charge >= 0.3 is 0 Å². The van der Waals surface area contributed by atoms with Crippen LogP contribution in [0, 0.1) is 11.3 Å². The van der Waals surface area contributed by atoms with Gasteiger partial charge in [-0.25, -0.2) is 0 Å². The van der Waals surface area contributed by atoms with E-state index in [0.29, 0.717) is 19.4 Å². The van der Waals surface area contributed by atoms with Crippen LogP contribution in [-0.2, 0) is 4.79 Å². The standard InChI is InChI=1S/C15H21N3O/c1-12(13-5-7-14(17)8-6-13)11-15(19)18-10-4-2-3-9-16/h5-8,12H,2-4,10-11,17H2,1H3,(H,18,19). The molecule has 0 aliphatic carbocycles. The molecular weight excluding hydrogens is 238 g/mol. The highest BCUT2D eigenvalue weighted by Crippen LogP contribution is 2.19. The van der Waals surface area contributed by atoms with Gasteiger partial charge in [-0.15, -0.1) is 0 Å². The lowest BCUT2D eigenvalue weighted by Crippen LogP contribution is -2.25. The summed E-state index contributed by atoms with van der Waals surface area (Å²) in [4.78, 5) is 11.7. The van der Waals surface area contributed by atoms with Crippen LogP contribution < -0.4 is 11.1 Å². The molecule has 3 N–H and O–H groups in total. The molecule has 0 radical (unpaired) electrons. The second kappa shape index (κ2) is 8.15. The topological polar surface area (TPSA) is 78.9 Å². The Balaban J connectivity index is 2.28.